The van der Waals surface area contributed by atoms with Gasteiger partial charge in [0.05, 0.1) is 0 Å². The van der Waals surface area contributed by atoms with Crippen molar-refractivity contribution < 1.29 is 9.59 Å². The summed E-state index contributed by atoms with van der Waals surface area (Å²) in [5, 5.41) is 10.1. The molecular formula is C12H15ClN4O2. The van der Waals surface area contributed by atoms with Crippen molar-refractivity contribution in [3.8, 4) is 0 Å². The van der Waals surface area contributed by atoms with Gasteiger partial charge in [0.2, 0.25) is 5.91 Å². The Kier molecular flexibility index (Phi) is 4.31. The van der Waals surface area contributed by atoms with Gasteiger partial charge in [0, 0.05) is 13.1 Å². The summed E-state index contributed by atoms with van der Waals surface area (Å²) in [6, 6.07) is 2.39. The first-order valence-electron chi connectivity index (χ1n) is 6.17. The summed E-state index contributed by atoms with van der Waals surface area (Å²) in [5.74, 6) is -0.489. The number of carbonyl (C=O) groups excluding carboxylic acids is 2. The summed E-state index contributed by atoms with van der Waals surface area (Å²) in [6.45, 7) is 3.20. The van der Waals surface area contributed by atoms with Crippen LogP contribution in [0, 0.1) is 0 Å². The molecule has 6 nitrogen and oxygen atoms in total. The average molecular weight is 283 g/mol. The predicted octanol–water partition coefficient (Wildman–Crippen LogP) is 0.871. The van der Waals surface area contributed by atoms with Gasteiger partial charge in [-0.2, -0.15) is 0 Å². The smallest absolute Gasteiger partial charge is 0.272 e. The fraction of sp³-hybridized carbons (Fsp3) is 0.500. The van der Waals surface area contributed by atoms with Crippen molar-refractivity contribution in [2.24, 2.45) is 0 Å². The Hall–Kier alpha value is -1.69. The van der Waals surface area contributed by atoms with Crippen LogP contribution in [0.3, 0.4) is 0 Å². The molecule has 102 valence electrons. The number of rotatable bonds is 3. The number of nitrogens with one attached hydrogen (secondary N) is 1. The lowest BCUT2D eigenvalue weighted by atomic mass is 10.2. The fourth-order valence-corrected chi connectivity index (χ4v) is 2.08. The molecule has 1 aliphatic heterocycles. The van der Waals surface area contributed by atoms with Gasteiger partial charge in [-0.3, -0.25) is 9.59 Å². The number of aromatic nitrogens is 2. The molecule has 1 aromatic rings. The average Bonchev–Trinajstić information content (AvgIpc) is 2.92. The first-order chi connectivity index (χ1) is 9.08. The maximum atomic E-state index is 12.0. The van der Waals surface area contributed by atoms with Crippen molar-refractivity contribution in [3.05, 3.63) is 23.0 Å². The molecule has 1 atom stereocenters. The highest BCUT2D eigenvalue weighted by atomic mass is 35.5. The molecule has 0 saturated carbocycles. The van der Waals surface area contributed by atoms with Gasteiger partial charge < -0.3 is 10.2 Å². The minimum atomic E-state index is -0.567. The van der Waals surface area contributed by atoms with Crippen LogP contribution < -0.4 is 5.32 Å². The van der Waals surface area contributed by atoms with E-state index in [9.17, 15) is 9.59 Å². The summed E-state index contributed by atoms with van der Waals surface area (Å²) in [5.41, 5.74) is 0.144. The molecule has 1 saturated heterocycles. The highest BCUT2D eigenvalue weighted by Crippen LogP contribution is 2.09. The lowest BCUT2D eigenvalue weighted by Crippen LogP contribution is -2.46. The lowest BCUT2D eigenvalue weighted by Gasteiger charge is -2.20. The van der Waals surface area contributed by atoms with Crippen LogP contribution in [-0.4, -0.2) is 46.0 Å². The van der Waals surface area contributed by atoms with Gasteiger partial charge in [-0.05, 0) is 31.9 Å². The zero-order valence-corrected chi connectivity index (χ0v) is 11.4. The zero-order valence-electron chi connectivity index (χ0n) is 10.6. The summed E-state index contributed by atoms with van der Waals surface area (Å²) < 4.78 is 0. The minimum absolute atomic E-state index is 0.0622. The third kappa shape index (κ3) is 3.41. The van der Waals surface area contributed by atoms with Crippen LogP contribution in [0.5, 0.6) is 0 Å². The molecule has 0 bridgehead atoms. The van der Waals surface area contributed by atoms with Crippen molar-refractivity contribution in [3.63, 3.8) is 0 Å². The SMILES string of the molecule is CC(NC(=O)c1ccc(Cl)nn1)C(=O)N1CCCC1. The molecule has 1 unspecified atom stereocenters. The molecule has 0 radical (unpaired) electrons. The normalized spacial score (nSPS) is 16.2. The van der Waals surface area contributed by atoms with E-state index in [0.29, 0.717) is 0 Å². The number of nitrogens with zero attached hydrogens (tertiary/aromatic N) is 3. The molecule has 1 aromatic heterocycles. The Balaban J connectivity index is 1.94. The summed E-state index contributed by atoms with van der Waals surface area (Å²) in [4.78, 5) is 25.6. The highest BCUT2D eigenvalue weighted by molar-refractivity contribution is 6.29. The van der Waals surface area contributed by atoms with E-state index in [0.717, 1.165) is 25.9 Å². The zero-order chi connectivity index (χ0) is 13.8. The molecule has 2 rings (SSSR count). The topological polar surface area (TPSA) is 75.2 Å². The molecule has 7 heteroatoms. The van der Waals surface area contributed by atoms with E-state index in [1.165, 1.54) is 12.1 Å². The van der Waals surface area contributed by atoms with Crippen LogP contribution in [-0.2, 0) is 4.79 Å². The van der Waals surface area contributed by atoms with Gasteiger partial charge in [-0.15, -0.1) is 10.2 Å². The van der Waals surface area contributed by atoms with Crippen molar-refractivity contribution in [2.75, 3.05) is 13.1 Å². The predicted molar refractivity (Wildman–Crippen MR) is 69.8 cm³/mol. The molecule has 1 fully saturated rings. The molecule has 0 spiro atoms. The van der Waals surface area contributed by atoms with Crippen LogP contribution >= 0.6 is 11.6 Å². The number of amides is 2. The Morgan fingerprint density at radius 1 is 1.32 bits per heavy atom. The maximum absolute atomic E-state index is 12.0. The Labute approximate surface area is 116 Å². The molecule has 19 heavy (non-hydrogen) atoms. The molecule has 0 aliphatic carbocycles. The monoisotopic (exact) mass is 282 g/mol. The standard InChI is InChI=1S/C12H15ClN4O2/c1-8(12(19)17-6-2-3-7-17)14-11(18)9-4-5-10(13)16-15-9/h4-5,8H,2-3,6-7H2,1H3,(H,14,18). The van der Waals surface area contributed by atoms with Crippen molar-refractivity contribution in [1.29, 1.82) is 0 Å². The first-order valence-corrected chi connectivity index (χ1v) is 6.54. The van der Waals surface area contributed by atoms with Crippen molar-refractivity contribution in [1.82, 2.24) is 20.4 Å². The van der Waals surface area contributed by atoms with Gasteiger partial charge in [-0.1, -0.05) is 11.6 Å². The fourth-order valence-electron chi connectivity index (χ4n) is 1.98. The van der Waals surface area contributed by atoms with Gasteiger partial charge in [0.25, 0.3) is 5.91 Å². The largest absolute Gasteiger partial charge is 0.341 e. The van der Waals surface area contributed by atoms with E-state index < -0.39 is 11.9 Å². The Morgan fingerprint density at radius 3 is 2.58 bits per heavy atom. The molecule has 2 amide bonds. The first kappa shape index (κ1) is 13.7. The van der Waals surface area contributed by atoms with E-state index in [2.05, 4.69) is 15.5 Å². The Bertz CT molecular complexity index is 471. The second-order valence-electron chi connectivity index (χ2n) is 4.47. The van der Waals surface area contributed by atoms with Gasteiger partial charge in [-0.25, -0.2) is 0 Å². The maximum Gasteiger partial charge on any atom is 0.272 e. The number of likely N-dealkylation sites (tertiary alicyclic amines) is 1. The van der Waals surface area contributed by atoms with Crippen LogP contribution in [0.15, 0.2) is 12.1 Å². The quantitative estimate of drug-likeness (QED) is 0.893. The molecule has 1 aliphatic rings. The van der Waals surface area contributed by atoms with Gasteiger partial charge in [0.15, 0.2) is 10.8 Å². The number of halogens is 1. The molecule has 0 aromatic carbocycles. The number of hydrogen-bond donors (Lipinski definition) is 1. The van der Waals surface area contributed by atoms with E-state index in [4.69, 9.17) is 11.6 Å². The third-order valence-electron chi connectivity index (χ3n) is 3.00. The van der Waals surface area contributed by atoms with E-state index in [1.54, 1.807) is 11.8 Å². The second-order valence-corrected chi connectivity index (χ2v) is 4.86. The molecule has 1 N–H and O–H groups in total. The van der Waals surface area contributed by atoms with E-state index >= 15 is 0 Å². The minimum Gasteiger partial charge on any atom is -0.341 e. The van der Waals surface area contributed by atoms with Crippen molar-refractivity contribution in [2.45, 2.75) is 25.8 Å². The van der Waals surface area contributed by atoms with Crippen LogP contribution in [0.4, 0.5) is 0 Å². The van der Waals surface area contributed by atoms with Crippen molar-refractivity contribution >= 4 is 23.4 Å². The second kappa shape index (κ2) is 5.97. The summed E-state index contributed by atoms with van der Waals surface area (Å²) in [7, 11) is 0. The third-order valence-corrected chi connectivity index (χ3v) is 3.20. The lowest BCUT2D eigenvalue weighted by molar-refractivity contribution is -0.131. The number of hydrogen-bond acceptors (Lipinski definition) is 4. The van der Waals surface area contributed by atoms with Crippen LogP contribution in [0.2, 0.25) is 5.15 Å². The summed E-state index contributed by atoms with van der Waals surface area (Å²) in [6.07, 6.45) is 2.05. The molecular weight excluding hydrogens is 268 g/mol. The number of carbonyl (C=O) groups is 2. The van der Waals surface area contributed by atoms with E-state index in [-0.39, 0.29) is 16.8 Å². The highest BCUT2D eigenvalue weighted by Gasteiger charge is 2.24. The van der Waals surface area contributed by atoms with Crippen LogP contribution in [0.25, 0.3) is 0 Å². The summed E-state index contributed by atoms with van der Waals surface area (Å²) >= 11 is 5.59. The Morgan fingerprint density at radius 2 is 2.00 bits per heavy atom. The van der Waals surface area contributed by atoms with Crippen LogP contribution in [0.1, 0.15) is 30.3 Å². The molecule has 2 heterocycles. The van der Waals surface area contributed by atoms with Gasteiger partial charge >= 0.3 is 0 Å². The van der Waals surface area contributed by atoms with E-state index in [1.807, 2.05) is 0 Å². The van der Waals surface area contributed by atoms with Gasteiger partial charge in [0.1, 0.15) is 6.04 Å².